The van der Waals surface area contributed by atoms with Gasteiger partial charge in [-0.25, -0.2) is 0 Å². The highest BCUT2D eigenvalue weighted by Crippen LogP contribution is 2.23. The second-order valence-electron chi connectivity index (χ2n) is 6.58. The fourth-order valence-corrected chi connectivity index (χ4v) is 3.03. The Kier molecular flexibility index (Phi) is 4.97. The normalized spacial score (nSPS) is 10.6. The molecule has 0 bridgehead atoms. The number of benzene rings is 2. The maximum absolute atomic E-state index is 13.0. The van der Waals surface area contributed by atoms with Crippen molar-refractivity contribution >= 4 is 11.7 Å². The number of aromatic nitrogens is 3. The Morgan fingerprint density at radius 3 is 2.61 bits per heavy atom. The van der Waals surface area contributed by atoms with Crippen molar-refractivity contribution in [2.45, 2.75) is 13.5 Å². The van der Waals surface area contributed by atoms with Gasteiger partial charge in [-0.05, 0) is 36.8 Å². The lowest BCUT2D eigenvalue weighted by atomic mass is 10.1. The smallest absolute Gasteiger partial charge is 0.280 e. The summed E-state index contributed by atoms with van der Waals surface area (Å²) in [4.78, 5) is 17.2. The van der Waals surface area contributed by atoms with E-state index in [1.54, 1.807) is 24.5 Å². The molecule has 0 aliphatic carbocycles. The van der Waals surface area contributed by atoms with Gasteiger partial charge in [0.1, 0.15) is 5.82 Å². The first-order valence-corrected chi connectivity index (χ1v) is 9.10. The molecule has 0 atom stereocenters. The third-order valence-corrected chi connectivity index (χ3v) is 4.44. The number of carbonyl (C=O) groups is 1. The molecular formula is C23H20N4O. The number of anilines is 1. The summed E-state index contributed by atoms with van der Waals surface area (Å²) in [7, 11) is 0. The highest BCUT2D eigenvalue weighted by molar-refractivity contribution is 5.97. The fraction of sp³-hybridized carbons (Fsp3) is 0.0870. The summed E-state index contributed by atoms with van der Waals surface area (Å²) in [5.41, 5.74) is 4.49. The van der Waals surface area contributed by atoms with Gasteiger partial charge in [0.2, 0.25) is 0 Å². The van der Waals surface area contributed by atoms with Gasteiger partial charge in [-0.3, -0.25) is 9.78 Å². The minimum atomic E-state index is -0.178. The lowest BCUT2D eigenvalue weighted by Gasteiger charge is -2.09. The molecule has 0 saturated heterocycles. The predicted octanol–water partition coefficient (Wildman–Crippen LogP) is 4.55. The number of carbonyl (C=O) groups excluding carboxylic acids is 1. The number of hydrogen-bond acceptors (Lipinski definition) is 4. The molecule has 1 N–H and O–H groups in total. The lowest BCUT2D eigenvalue weighted by molar-refractivity contribution is 0.0948. The molecule has 0 unspecified atom stereocenters. The number of pyridine rings is 1. The number of nitrogens with one attached hydrogen (secondary N) is 1. The van der Waals surface area contributed by atoms with Crippen molar-refractivity contribution in [2.24, 2.45) is 0 Å². The van der Waals surface area contributed by atoms with Crippen LogP contribution in [0, 0.1) is 6.92 Å². The Bertz CT molecular complexity index is 1090. The molecule has 0 saturated carbocycles. The van der Waals surface area contributed by atoms with Crippen LogP contribution >= 0.6 is 0 Å². The average molecular weight is 368 g/mol. The van der Waals surface area contributed by atoms with Gasteiger partial charge in [0.05, 0.1) is 5.69 Å². The van der Waals surface area contributed by atoms with Crippen molar-refractivity contribution in [1.82, 2.24) is 14.8 Å². The topological polar surface area (TPSA) is 59.8 Å². The van der Waals surface area contributed by atoms with E-state index < -0.39 is 0 Å². The molecule has 0 radical (unpaired) electrons. The van der Waals surface area contributed by atoms with E-state index in [0.29, 0.717) is 23.6 Å². The van der Waals surface area contributed by atoms with Crippen molar-refractivity contribution in [1.29, 1.82) is 0 Å². The van der Waals surface area contributed by atoms with Crippen molar-refractivity contribution in [3.8, 4) is 11.3 Å². The molecule has 2 aromatic heterocycles. The molecule has 4 aromatic rings. The van der Waals surface area contributed by atoms with Gasteiger partial charge in [-0.1, -0.05) is 48.0 Å². The van der Waals surface area contributed by atoms with Crippen molar-refractivity contribution in [2.75, 3.05) is 5.32 Å². The van der Waals surface area contributed by atoms with Crippen LogP contribution in [0.2, 0.25) is 0 Å². The molecule has 138 valence electrons. The highest BCUT2D eigenvalue weighted by atomic mass is 16.2. The minimum Gasteiger partial charge on any atom is -0.366 e. The third kappa shape index (κ3) is 3.83. The van der Waals surface area contributed by atoms with E-state index in [2.05, 4.69) is 40.5 Å². The molecule has 28 heavy (non-hydrogen) atoms. The van der Waals surface area contributed by atoms with Crippen molar-refractivity contribution in [3.63, 3.8) is 0 Å². The quantitative estimate of drug-likeness (QED) is 0.561. The van der Waals surface area contributed by atoms with Gasteiger partial charge in [0.15, 0.2) is 0 Å². The number of rotatable bonds is 5. The largest absolute Gasteiger partial charge is 0.366 e. The SMILES string of the molecule is Cc1cccc(CNc2cc(-c3cccnc3)nn2C(=O)c2ccccc2)c1. The van der Waals surface area contributed by atoms with Crippen LogP contribution in [0.4, 0.5) is 5.82 Å². The summed E-state index contributed by atoms with van der Waals surface area (Å²) in [6.45, 7) is 2.66. The van der Waals surface area contributed by atoms with Gasteiger partial charge in [0.25, 0.3) is 5.91 Å². The molecule has 0 aliphatic heterocycles. The third-order valence-electron chi connectivity index (χ3n) is 4.44. The first kappa shape index (κ1) is 17.7. The van der Waals surface area contributed by atoms with Crippen molar-refractivity contribution < 1.29 is 4.79 Å². The van der Waals surface area contributed by atoms with Crippen LogP contribution in [0.1, 0.15) is 21.5 Å². The minimum absolute atomic E-state index is 0.178. The monoisotopic (exact) mass is 368 g/mol. The summed E-state index contributed by atoms with van der Waals surface area (Å²) >= 11 is 0. The van der Waals surface area contributed by atoms with Gasteiger partial charge >= 0.3 is 0 Å². The molecule has 0 fully saturated rings. The van der Waals surface area contributed by atoms with Crippen molar-refractivity contribution in [3.05, 3.63) is 102 Å². The fourth-order valence-electron chi connectivity index (χ4n) is 3.03. The first-order chi connectivity index (χ1) is 13.7. The molecule has 0 amide bonds. The van der Waals surface area contributed by atoms with Crippen LogP contribution in [-0.2, 0) is 6.54 Å². The summed E-state index contributed by atoms with van der Waals surface area (Å²) in [5.74, 6) is 0.469. The number of aryl methyl sites for hydroxylation is 1. The van der Waals surface area contributed by atoms with Crippen LogP contribution < -0.4 is 5.32 Å². The van der Waals surface area contributed by atoms with E-state index in [0.717, 1.165) is 11.1 Å². The van der Waals surface area contributed by atoms with Crippen LogP contribution in [0.3, 0.4) is 0 Å². The summed E-state index contributed by atoms with van der Waals surface area (Å²) < 4.78 is 1.42. The zero-order valence-electron chi connectivity index (χ0n) is 15.5. The first-order valence-electron chi connectivity index (χ1n) is 9.10. The average Bonchev–Trinajstić information content (AvgIpc) is 3.17. The van der Waals surface area contributed by atoms with Crippen LogP contribution in [0.15, 0.2) is 85.2 Å². The van der Waals surface area contributed by atoms with E-state index in [1.165, 1.54) is 10.2 Å². The van der Waals surface area contributed by atoms with Gasteiger partial charge < -0.3 is 5.32 Å². The second-order valence-corrected chi connectivity index (χ2v) is 6.58. The second kappa shape index (κ2) is 7.88. The molecule has 5 heteroatoms. The zero-order valence-corrected chi connectivity index (χ0v) is 15.5. The molecule has 4 rings (SSSR count). The summed E-state index contributed by atoms with van der Waals surface area (Å²) in [6.07, 6.45) is 3.45. The molecule has 5 nitrogen and oxygen atoms in total. The van der Waals surface area contributed by atoms with E-state index in [-0.39, 0.29) is 5.91 Å². The Morgan fingerprint density at radius 2 is 1.86 bits per heavy atom. The van der Waals surface area contributed by atoms with E-state index in [9.17, 15) is 4.79 Å². The van der Waals surface area contributed by atoms with E-state index in [4.69, 9.17) is 0 Å². The summed E-state index contributed by atoms with van der Waals surface area (Å²) in [6, 6.07) is 23.1. The zero-order chi connectivity index (χ0) is 19.3. The van der Waals surface area contributed by atoms with Gasteiger partial charge in [-0.15, -0.1) is 0 Å². The van der Waals surface area contributed by atoms with Gasteiger partial charge in [-0.2, -0.15) is 9.78 Å². The van der Waals surface area contributed by atoms with Crippen LogP contribution in [0.5, 0.6) is 0 Å². The molecule has 2 aromatic carbocycles. The summed E-state index contributed by atoms with van der Waals surface area (Å²) in [5, 5.41) is 7.91. The number of hydrogen-bond donors (Lipinski definition) is 1. The Balaban J connectivity index is 1.68. The van der Waals surface area contributed by atoms with Gasteiger partial charge in [0, 0.05) is 36.1 Å². The molecule has 0 aliphatic rings. The van der Waals surface area contributed by atoms with E-state index >= 15 is 0 Å². The predicted molar refractivity (Wildman–Crippen MR) is 110 cm³/mol. The highest BCUT2D eigenvalue weighted by Gasteiger charge is 2.17. The Labute approximate surface area is 163 Å². The molecular weight excluding hydrogens is 348 g/mol. The Morgan fingerprint density at radius 1 is 1.00 bits per heavy atom. The maximum atomic E-state index is 13.0. The van der Waals surface area contributed by atoms with Crippen LogP contribution in [-0.4, -0.2) is 20.7 Å². The molecule has 2 heterocycles. The Hall–Kier alpha value is -3.73. The maximum Gasteiger partial charge on any atom is 0.280 e. The standard InChI is InChI=1S/C23H20N4O/c1-17-7-5-8-18(13-17)15-25-22-14-21(20-11-6-12-24-16-20)26-27(22)23(28)19-9-3-2-4-10-19/h2-14,16,25H,15H2,1H3. The van der Waals surface area contributed by atoms with Crippen LogP contribution in [0.25, 0.3) is 11.3 Å². The lowest BCUT2D eigenvalue weighted by Crippen LogP contribution is -2.17. The molecule has 0 spiro atoms. The number of nitrogens with zero attached hydrogens (tertiary/aromatic N) is 3. The van der Waals surface area contributed by atoms with E-state index in [1.807, 2.05) is 42.5 Å².